The van der Waals surface area contributed by atoms with Gasteiger partial charge in [-0.15, -0.1) is 0 Å². The van der Waals surface area contributed by atoms with E-state index < -0.39 is 0 Å². The fraction of sp³-hybridized carbons (Fsp3) is 0.538. The fourth-order valence-corrected chi connectivity index (χ4v) is 1.27. The highest BCUT2D eigenvalue weighted by Gasteiger charge is 2.09. The van der Waals surface area contributed by atoms with Gasteiger partial charge in [0.2, 0.25) is 0 Å². The summed E-state index contributed by atoms with van der Waals surface area (Å²) in [6.45, 7) is 7.40. The molecular weight excluding hydrogens is 216 g/mol. The van der Waals surface area contributed by atoms with Crippen LogP contribution in [-0.4, -0.2) is 24.6 Å². The Balaban J connectivity index is 2.63. The molecule has 0 aromatic carbocycles. The zero-order chi connectivity index (χ0) is 12.8. The maximum absolute atomic E-state index is 11.3. The van der Waals surface area contributed by atoms with E-state index >= 15 is 0 Å². The number of nitrogens with zero attached hydrogens (tertiary/aromatic N) is 1. The second-order valence-electron chi connectivity index (χ2n) is 4.52. The first kappa shape index (κ1) is 13.5. The molecule has 0 aliphatic rings. The van der Waals surface area contributed by atoms with Crippen LogP contribution >= 0.6 is 0 Å². The average molecular weight is 236 g/mol. The van der Waals surface area contributed by atoms with Gasteiger partial charge in [0.15, 0.2) is 0 Å². The molecule has 0 bridgehead atoms. The van der Waals surface area contributed by atoms with E-state index in [0.29, 0.717) is 23.2 Å². The number of hydrogen-bond acceptors (Lipinski definition) is 4. The number of aromatic nitrogens is 1. The molecule has 0 saturated carbocycles. The van der Waals surface area contributed by atoms with Gasteiger partial charge in [0.05, 0.1) is 12.7 Å². The van der Waals surface area contributed by atoms with Gasteiger partial charge in [-0.1, -0.05) is 20.8 Å². The van der Waals surface area contributed by atoms with Gasteiger partial charge in [-0.05, 0) is 24.0 Å². The zero-order valence-corrected chi connectivity index (χ0v) is 10.9. The predicted octanol–water partition coefficient (Wildman–Crippen LogP) is 2.57. The van der Waals surface area contributed by atoms with E-state index in [9.17, 15) is 4.79 Å². The molecule has 0 saturated heterocycles. The van der Waals surface area contributed by atoms with E-state index in [1.807, 2.05) is 0 Å². The Labute approximate surface area is 102 Å². The highest BCUT2D eigenvalue weighted by atomic mass is 16.5. The number of methoxy groups -OCH3 is 1. The summed E-state index contributed by atoms with van der Waals surface area (Å²) in [5.74, 6) is 1.54. The molecule has 17 heavy (non-hydrogen) atoms. The number of anilines is 1. The van der Waals surface area contributed by atoms with E-state index in [1.54, 1.807) is 18.3 Å². The van der Waals surface area contributed by atoms with Crippen LogP contribution < -0.4 is 5.32 Å². The second-order valence-corrected chi connectivity index (χ2v) is 4.52. The van der Waals surface area contributed by atoms with Crippen LogP contribution in [0, 0.1) is 11.8 Å². The lowest BCUT2D eigenvalue weighted by Gasteiger charge is -2.16. The largest absolute Gasteiger partial charge is 0.465 e. The second kappa shape index (κ2) is 6.23. The lowest BCUT2D eigenvalue weighted by Crippen LogP contribution is -2.17. The molecule has 0 aliphatic carbocycles. The molecule has 0 radical (unpaired) electrons. The van der Waals surface area contributed by atoms with Crippen molar-refractivity contribution in [1.82, 2.24) is 4.98 Å². The Kier molecular flexibility index (Phi) is 4.94. The predicted molar refractivity (Wildman–Crippen MR) is 68.1 cm³/mol. The first-order valence-corrected chi connectivity index (χ1v) is 5.82. The highest BCUT2D eigenvalue weighted by molar-refractivity contribution is 5.89. The van der Waals surface area contributed by atoms with Crippen LogP contribution in [0.4, 0.5) is 5.82 Å². The van der Waals surface area contributed by atoms with Gasteiger partial charge in [0.25, 0.3) is 0 Å². The molecule has 1 aromatic heterocycles. The van der Waals surface area contributed by atoms with Crippen molar-refractivity contribution in [1.29, 1.82) is 0 Å². The Bertz CT molecular complexity index is 377. The maximum atomic E-state index is 11.3. The summed E-state index contributed by atoms with van der Waals surface area (Å²) in [6.07, 6.45) is 1.61. The first-order chi connectivity index (χ1) is 8.04. The molecule has 0 fully saturated rings. The Morgan fingerprint density at radius 3 is 2.76 bits per heavy atom. The number of carbonyl (C=O) groups is 1. The third-order valence-corrected chi connectivity index (χ3v) is 2.92. The Morgan fingerprint density at radius 1 is 1.47 bits per heavy atom. The molecule has 0 amide bonds. The molecule has 1 atom stereocenters. The summed E-state index contributed by atoms with van der Waals surface area (Å²) in [4.78, 5) is 15.5. The van der Waals surface area contributed by atoms with Crippen LogP contribution in [0.3, 0.4) is 0 Å². The smallest absolute Gasteiger partial charge is 0.338 e. The van der Waals surface area contributed by atoms with E-state index in [0.717, 1.165) is 6.54 Å². The molecule has 4 nitrogen and oxygen atoms in total. The summed E-state index contributed by atoms with van der Waals surface area (Å²) in [6, 6.07) is 3.35. The van der Waals surface area contributed by atoms with Crippen molar-refractivity contribution in [3.8, 4) is 0 Å². The van der Waals surface area contributed by atoms with Crippen molar-refractivity contribution in [2.45, 2.75) is 20.8 Å². The molecule has 1 unspecified atom stereocenters. The number of hydrogen-bond donors (Lipinski definition) is 1. The number of carbonyl (C=O) groups excluding carboxylic acids is 1. The molecule has 1 aromatic rings. The normalized spacial score (nSPS) is 12.3. The van der Waals surface area contributed by atoms with Gasteiger partial charge >= 0.3 is 5.97 Å². The van der Waals surface area contributed by atoms with Gasteiger partial charge in [0, 0.05) is 12.7 Å². The minimum atomic E-state index is -0.340. The van der Waals surface area contributed by atoms with Gasteiger partial charge in [-0.2, -0.15) is 0 Å². The van der Waals surface area contributed by atoms with Crippen molar-refractivity contribution in [2.24, 2.45) is 11.8 Å². The quantitative estimate of drug-likeness (QED) is 0.798. The van der Waals surface area contributed by atoms with Crippen LogP contribution in [0.1, 0.15) is 31.1 Å². The van der Waals surface area contributed by atoms with E-state index in [-0.39, 0.29) is 5.97 Å². The number of pyridine rings is 1. The summed E-state index contributed by atoms with van der Waals surface area (Å²) >= 11 is 0. The molecule has 94 valence electrons. The molecule has 1 heterocycles. The monoisotopic (exact) mass is 236 g/mol. The van der Waals surface area contributed by atoms with Gasteiger partial charge in [-0.25, -0.2) is 9.78 Å². The van der Waals surface area contributed by atoms with Crippen LogP contribution in [-0.2, 0) is 4.74 Å². The third-order valence-electron chi connectivity index (χ3n) is 2.92. The summed E-state index contributed by atoms with van der Waals surface area (Å²) < 4.78 is 4.66. The minimum absolute atomic E-state index is 0.340. The van der Waals surface area contributed by atoms with E-state index in [1.165, 1.54) is 7.11 Å². The van der Waals surface area contributed by atoms with Crippen molar-refractivity contribution in [3.05, 3.63) is 23.9 Å². The number of esters is 1. The van der Waals surface area contributed by atoms with Gasteiger partial charge in [0.1, 0.15) is 5.82 Å². The number of nitrogens with one attached hydrogen (secondary N) is 1. The minimum Gasteiger partial charge on any atom is -0.465 e. The van der Waals surface area contributed by atoms with Crippen molar-refractivity contribution < 1.29 is 9.53 Å². The fourth-order valence-electron chi connectivity index (χ4n) is 1.27. The molecule has 1 N–H and O–H groups in total. The van der Waals surface area contributed by atoms with Crippen LogP contribution in [0.5, 0.6) is 0 Å². The lowest BCUT2D eigenvalue weighted by molar-refractivity contribution is 0.0600. The molecule has 0 spiro atoms. The molecule has 0 aliphatic heterocycles. The van der Waals surface area contributed by atoms with Gasteiger partial charge in [-0.3, -0.25) is 0 Å². The third kappa shape index (κ3) is 4.06. The van der Waals surface area contributed by atoms with Gasteiger partial charge < -0.3 is 10.1 Å². The first-order valence-electron chi connectivity index (χ1n) is 5.82. The highest BCUT2D eigenvalue weighted by Crippen LogP contribution is 2.12. The summed E-state index contributed by atoms with van der Waals surface area (Å²) in [5, 5.41) is 3.23. The van der Waals surface area contributed by atoms with Crippen molar-refractivity contribution in [3.63, 3.8) is 0 Å². The summed E-state index contributed by atoms with van der Waals surface area (Å²) in [5.41, 5.74) is 0.516. The summed E-state index contributed by atoms with van der Waals surface area (Å²) in [7, 11) is 1.37. The topological polar surface area (TPSA) is 51.2 Å². The number of rotatable bonds is 5. The van der Waals surface area contributed by atoms with Crippen LogP contribution in [0.25, 0.3) is 0 Å². The van der Waals surface area contributed by atoms with Crippen molar-refractivity contribution in [2.75, 3.05) is 19.0 Å². The van der Waals surface area contributed by atoms with E-state index in [4.69, 9.17) is 0 Å². The SMILES string of the molecule is COC(=O)c1ccnc(NCC(C)C(C)C)c1. The number of ether oxygens (including phenoxy) is 1. The van der Waals surface area contributed by atoms with Crippen molar-refractivity contribution >= 4 is 11.8 Å². The molecular formula is C13H20N2O2. The lowest BCUT2D eigenvalue weighted by atomic mass is 9.98. The molecule has 1 rings (SSSR count). The Hall–Kier alpha value is -1.58. The Morgan fingerprint density at radius 2 is 2.18 bits per heavy atom. The zero-order valence-electron chi connectivity index (χ0n) is 10.9. The van der Waals surface area contributed by atoms with Crippen LogP contribution in [0.2, 0.25) is 0 Å². The van der Waals surface area contributed by atoms with Crippen LogP contribution in [0.15, 0.2) is 18.3 Å². The maximum Gasteiger partial charge on any atom is 0.338 e. The van der Waals surface area contributed by atoms with E-state index in [2.05, 4.69) is 35.8 Å². The average Bonchev–Trinajstić information content (AvgIpc) is 2.35. The molecule has 4 heteroatoms. The standard InChI is InChI=1S/C13H20N2O2/c1-9(2)10(3)8-15-12-7-11(5-6-14-12)13(16)17-4/h5-7,9-10H,8H2,1-4H3,(H,14,15).